The summed E-state index contributed by atoms with van der Waals surface area (Å²) in [6, 6.07) is 0. The molecule has 0 radical (unpaired) electrons. The van der Waals surface area contributed by atoms with E-state index in [1.807, 2.05) is 20.8 Å². The summed E-state index contributed by atoms with van der Waals surface area (Å²) in [4.78, 5) is 52.7. The van der Waals surface area contributed by atoms with Gasteiger partial charge in [-0.25, -0.2) is 24.0 Å². The average Bonchev–Trinajstić information content (AvgIpc) is 3.45. The number of nitrogens with zero attached hydrogens (tertiary/aromatic N) is 10. The molecule has 0 saturated heterocycles. The Hall–Kier alpha value is -6.81. The van der Waals surface area contributed by atoms with Crippen LogP contribution in [0.25, 0.3) is 0 Å². The molecule has 5 aromatic rings. The van der Waals surface area contributed by atoms with Gasteiger partial charge in [-0.1, -0.05) is 20.8 Å². The predicted octanol–water partition coefficient (Wildman–Crippen LogP) is 4.48. The summed E-state index contributed by atoms with van der Waals surface area (Å²) >= 11 is 0. The quantitative estimate of drug-likeness (QED) is 0.144. The van der Waals surface area contributed by atoms with Crippen LogP contribution in [0.1, 0.15) is 126 Å². The largest absolute Gasteiger partial charge is 0.478 e. The van der Waals surface area contributed by atoms with Crippen LogP contribution in [-0.4, -0.2) is 104 Å². The molecule has 1 aliphatic rings. The molecule has 5 heterocycles. The van der Waals surface area contributed by atoms with E-state index in [0.717, 1.165) is 29.4 Å². The third-order valence-electron chi connectivity index (χ3n) is 7.73. The smallest absolute Gasteiger partial charge is 0.436 e. The lowest BCUT2D eigenvalue weighted by atomic mass is 10.1. The normalized spacial score (nSPS) is 11.8. The topological polar surface area (TPSA) is 276 Å². The SMILES string of the molecule is CC(C)c1nn(C)cc1C(=O)O.CCc1nn(C)cc1C(=O)O.Cc1nn(C)cc1C(=O)O.Cn1cc(C(=O)O)c(C(F)(F)F)n1.Cn1cc(C(=O)O)c(C2CC2)n1. The number of aromatic carboxylic acids is 5. The van der Waals surface area contributed by atoms with E-state index in [-0.39, 0.29) is 11.5 Å². The molecule has 0 spiro atoms. The van der Waals surface area contributed by atoms with Gasteiger partial charge in [-0.05, 0) is 32.1 Å². The molecular formula is C35H45F3N10O10. The van der Waals surface area contributed by atoms with E-state index in [1.54, 1.807) is 46.0 Å². The van der Waals surface area contributed by atoms with Gasteiger partial charge in [-0.3, -0.25) is 23.4 Å². The van der Waals surface area contributed by atoms with Crippen molar-refractivity contribution < 1.29 is 62.7 Å². The van der Waals surface area contributed by atoms with Crippen molar-refractivity contribution in [2.75, 3.05) is 0 Å². The van der Waals surface area contributed by atoms with Crippen molar-refractivity contribution in [1.29, 1.82) is 0 Å². The summed E-state index contributed by atoms with van der Waals surface area (Å²) in [6.07, 6.45) is 4.99. The van der Waals surface area contributed by atoms with Crippen molar-refractivity contribution in [2.24, 2.45) is 35.2 Å². The van der Waals surface area contributed by atoms with Crippen molar-refractivity contribution >= 4 is 29.8 Å². The maximum Gasteiger partial charge on any atom is 0.436 e. The minimum Gasteiger partial charge on any atom is -0.478 e. The van der Waals surface area contributed by atoms with E-state index in [2.05, 4.69) is 25.5 Å². The lowest BCUT2D eigenvalue weighted by Crippen LogP contribution is -2.12. The monoisotopic (exact) mass is 822 g/mol. The van der Waals surface area contributed by atoms with E-state index in [9.17, 15) is 37.1 Å². The van der Waals surface area contributed by atoms with Gasteiger partial charge in [0.05, 0.1) is 22.8 Å². The molecule has 1 saturated carbocycles. The second kappa shape index (κ2) is 19.9. The number of aromatic nitrogens is 10. The van der Waals surface area contributed by atoms with Gasteiger partial charge in [0.15, 0.2) is 5.69 Å². The Morgan fingerprint density at radius 1 is 0.621 bits per heavy atom. The van der Waals surface area contributed by atoms with Gasteiger partial charge < -0.3 is 25.5 Å². The first-order valence-corrected chi connectivity index (χ1v) is 17.2. The molecular weight excluding hydrogens is 777 g/mol. The highest BCUT2D eigenvalue weighted by atomic mass is 19.4. The number of carboxylic acids is 5. The maximum absolute atomic E-state index is 12.1. The zero-order chi connectivity index (χ0) is 44.4. The summed E-state index contributed by atoms with van der Waals surface area (Å²) in [6.45, 7) is 7.40. The molecule has 316 valence electrons. The summed E-state index contributed by atoms with van der Waals surface area (Å²) in [7, 11) is 8.10. The highest BCUT2D eigenvalue weighted by Crippen LogP contribution is 2.40. The van der Waals surface area contributed by atoms with Gasteiger partial charge >= 0.3 is 36.0 Å². The lowest BCUT2D eigenvalue weighted by molar-refractivity contribution is -0.141. The second-order valence-corrected chi connectivity index (χ2v) is 13.0. The molecule has 0 atom stereocenters. The van der Waals surface area contributed by atoms with Crippen LogP contribution in [0.4, 0.5) is 13.2 Å². The van der Waals surface area contributed by atoms with Gasteiger partial charge in [-0.2, -0.15) is 38.7 Å². The van der Waals surface area contributed by atoms with Crippen molar-refractivity contribution in [3.05, 3.63) is 87.3 Å². The summed E-state index contributed by atoms with van der Waals surface area (Å²) in [5.74, 6) is -4.70. The maximum atomic E-state index is 12.1. The van der Waals surface area contributed by atoms with Crippen LogP contribution in [0, 0.1) is 6.92 Å². The number of hydrogen-bond donors (Lipinski definition) is 5. The molecule has 1 fully saturated rings. The molecule has 58 heavy (non-hydrogen) atoms. The fourth-order valence-corrected chi connectivity index (χ4v) is 5.06. The van der Waals surface area contributed by atoms with E-state index >= 15 is 0 Å². The van der Waals surface area contributed by atoms with Crippen LogP contribution in [0.3, 0.4) is 0 Å². The van der Waals surface area contributed by atoms with E-state index < -0.39 is 47.3 Å². The number of halogens is 3. The van der Waals surface area contributed by atoms with Gasteiger partial charge in [0.25, 0.3) is 0 Å². The Morgan fingerprint density at radius 2 is 1.02 bits per heavy atom. The Labute approximate surface area is 328 Å². The van der Waals surface area contributed by atoms with Crippen molar-refractivity contribution in [1.82, 2.24) is 48.9 Å². The van der Waals surface area contributed by atoms with Gasteiger partial charge in [0, 0.05) is 72.1 Å². The standard InChI is InChI=1S/C8H10N2O2.C8H12N2O2.C7H10N2O2.C6H5F3N2O2.C6H8N2O2/c1-10-4-6(8(11)12)7(9-10)5-2-3-5;1-5(2)7-6(8(11)12)4-10(3)9-7;1-3-6-5(7(10)11)4-9(2)8-6;1-11-2-3(5(12)13)4(10-11)6(7,8)9;1-4-5(6(9)10)3-8(2)7-4/h4-5H,2-3H2,1H3,(H,11,12);4-5H,1-3H3,(H,11,12);4H,3H2,1-2H3,(H,10,11);2H,1H3,(H,12,13);3H,1-2H3,(H,9,10). The average molecular weight is 823 g/mol. The van der Waals surface area contributed by atoms with E-state index in [4.69, 9.17) is 25.5 Å². The van der Waals surface area contributed by atoms with Gasteiger partial charge in [0.1, 0.15) is 27.8 Å². The molecule has 20 nitrogen and oxygen atoms in total. The third-order valence-corrected chi connectivity index (χ3v) is 7.73. The van der Waals surface area contributed by atoms with Crippen LogP contribution < -0.4 is 0 Å². The second-order valence-electron chi connectivity index (χ2n) is 13.0. The van der Waals surface area contributed by atoms with Crippen LogP contribution >= 0.6 is 0 Å². The number of rotatable bonds is 8. The lowest BCUT2D eigenvalue weighted by Gasteiger charge is -2.02. The summed E-state index contributed by atoms with van der Waals surface area (Å²) in [5, 5.41) is 62.2. The minimum absolute atomic E-state index is 0.150. The molecule has 5 N–H and O–H groups in total. The first kappa shape index (κ1) is 47.3. The van der Waals surface area contributed by atoms with E-state index in [0.29, 0.717) is 46.1 Å². The Bertz CT molecular complexity index is 2180. The Morgan fingerprint density at radius 3 is 1.36 bits per heavy atom. The number of hydrogen-bond acceptors (Lipinski definition) is 10. The molecule has 0 aromatic carbocycles. The molecule has 23 heteroatoms. The van der Waals surface area contributed by atoms with Crippen LogP contribution in [-0.2, 0) is 47.8 Å². The highest BCUT2D eigenvalue weighted by molar-refractivity contribution is 5.90. The van der Waals surface area contributed by atoms with Crippen molar-refractivity contribution in [3.63, 3.8) is 0 Å². The van der Waals surface area contributed by atoms with Crippen molar-refractivity contribution in [2.45, 2.75) is 65.0 Å². The predicted molar refractivity (Wildman–Crippen MR) is 196 cm³/mol. The first-order valence-electron chi connectivity index (χ1n) is 17.2. The fourth-order valence-electron chi connectivity index (χ4n) is 5.06. The van der Waals surface area contributed by atoms with Crippen LogP contribution in [0.2, 0.25) is 0 Å². The summed E-state index contributed by atoms with van der Waals surface area (Å²) in [5.41, 5.74) is 1.60. The summed E-state index contributed by atoms with van der Waals surface area (Å²) < 4.78 is 43.2. The van der Waals surface area contributed by atoms with Gasteiger partial charge in [-0.15, -0.1) is 0 Å². The van der Waals surface area contributed by atoms with E-state index in [1.165, 1.54) is 39.7 Å². The Kier molecular flexibility index (Phi) is 16.2. The zero-order valence-corrected chi connectivity index (χ0v) is 33.0. The number of alkyl halides is 3. The number of carbonyl (C=O) groups is 5. The number of aryl methyl sites for hydroxylation is 7. The fraction of sp³-hybridized carbons (Fsp3) is 0.429. The molecule has 5 aromatic heterocycles. The zero-order valence-electron chi connectivity index (χ0n) is 33.0. The molecule has 6 rings (SSSR count). The molecule has 0 unspecified atom stereocenters. The molecule has 0 bridgehead atoms. The molecule has 1 aliphatic carbocycles. The number of carboxylic acid groups (broad SMARTS) is 5. The third kappa shape index (κ3) is 13.4. The Balaban J connectivity index is 0.000000251. The van der Waals surface area contributed by atoms with Crippen LogP contribution in [0.15, 0.2) is 31.0 Å². The molecule has 0 aliphatic heterocycles. The van der Waals surface area contributed by atoms with Crippen LogP contribution in [0.5, 0.6) is 0 Å². The van der Waals surface area contributed by atoms with Gasteiger partial charge in [0.2, 0.25) is 0 Å². The molecule has 0 amide bonds. The minimum atomic E-state index is -4.73. The highest BCUT2D eigenvalue weighted by Gasteiger charge is 2.39. The van der Waals surface area contributed by atoms with Crippen molar-refractivity contribution in [3.8, 4) is 0 Å². The first-order chi connectivity index (χ1) is 26.8.